The van der Waals surface area contributed by atoms with Gasteiger partial charge in [0, 0.05) is 12.8 Å². The Bertz CT molecular complexity index is 1620. The molecule has 3 aromatic rings. The van der Waals surface area contributed by atoms with Crippen LogP contribution in [0.3, 0.4) is 0 Å². The van der Waals surface area contributed by atoms with Crippen molar-refractivity contribution >= 4 is 23.7 Å². The van der Waals surface area contributed by atoms with Crippen molar-refractivity contribution in [2.75, 3.05) is 13.7 Å². The highest BCUT2D eigenvalue weighted by atomic mass is 16.6. The highest BCUT2D eigenvalue weighted by molar-refractivity contribution is 5.98. The van der Waals surface area contributed by atoms with Crippen LogP contribution in [0.1, 0.15) is 50.8 Å². The smallest absolute Gasteiger partial charge is 0.408 e. The molecule has 1 aliphatic heterocycles. The van der Waals surface area contributed by atoms with Gasteiger partial charge in [-0.05, 0) is 62.9 Å². The summed E-state index contributed by atoms with van der Waals surface area (Å²) in [6.45, 7) is 11.4. The molecule has 1 saturated heterocycles. The zero-order valence-electron chi connectivity index (χ0n) is 29.3. The molecule has 0 aromatic heterocycles. The van der Waals surface area contributed by atoms with Crippen molar-refractivity contribution in [1.82, 2.24) is 16.0 Å². The first-order valence-electron chi connectivity index (χ1n) is 16.5. The standard InChI is InChI=1S/C39H47N3O8/c1-26(50-38(2,3)4)21-32(42-37(46)48-24-29-15-11-8-12-16-29)35(44)41-33(23-28-17-19-30(47-6)20-18-28)36(45)40-31(34(43)39(5)25-49-39)22-27-13-9-7-10-14-27/h7-20,31-33H,1,21-25H2,2-6H3,(H,40,45)(H,41,44)(H,42,46). The zero-order valence-corrected chi connectivity index (χ0v) is 29.3. The Morgan fingerprint density at radius 2 is 1.30 bits per heavy atom. The molecule has 3 N–H and O–H groups in total. The maximum Gasteiger partial charge on any atom is 0.408 e. The third-order valence-electron chi connectivity index (χ3n) is 7.95. The van der Waals surface area contributed by atoms with Gasteiger partial charge in [-0.25, -0.2) is 4.79 Å². The van der Waals surface area contributed by atoms with E-state index >= 15 is 0 Å². The molecule has 0 bridgehead atoms. The SMILES string of the molecule is C=C(CC(NC(=O)OCc1ccccc1)C(=O)NC(Cc1ccc(OC)cc1)C(=O)NC(Cc1ccccc1)C(=O)C1(C)CO1)OC(C)(C)C. The summed E-state index contributed by atoms with van der Waals surface area (Å²) in [5.74, 6) is -0.634. The number of carbonyl (C=O) groups is 4. The summed E-state index contributed by atoms with van der Waals surface area (Å²) < 4.78 is 22.0. The van der Waals surface area contributed by atoms with E-state index < -0.39 is 47.2 Å². The van der Waals surface area contributed by atoms with Gasteiger partial charge in [-0.2, -0.15) is 0 Å². The number of ketones is 1. The fraction of sp³-hybridized carbons (Fsp3) is 0.385. The number of hydrogen-bond acceptors (Lipinski definition) is 8. The average Bonchev–Trinajstić information content (AvgIpc) is 3.84. The van der Waals surface area contributed by atoms with Crippen LogP contribution < -0.4 is 20.7 Å². The molecule has 1 aliphatic rings. The van der Waals surface area contributed by atoms with Gasteiger partial charge in [0.25, 0.3) is 0 Å². The second kappa shape index (κ2) is 17.0. The molecule has 0 aliphatic carbocycles. The number of amides is 3. The van der Waals surface area contributed by atoms with Crippen LogP contribution in [0.15, 0.2) is 97.3 Å². The summed E-state index contributed by atoms with van der Waals surface area (Å²) in [6.07, 6.45) is -0.619. The lowest BCUT2D eigenvalue weighted by Gasteiger charge is -2.28. The quantitative estimate of drug-likeness (QED) is 0.136. The van der Waals surface area contributed by atoms with Gasteiger partial charge in [-0.3, -0.25) is 14.4 Å². The number of hydrogen-bond donors (Lipinski definition) is 3. The number of Topliss-reactive ketones (excluding diaryl/α,β-unsaturated/α-hetero) is 1. The number of benzene rings is 3. The van der Waals surface area contributed by atoms with Crippen LogP contribution in [0.5, 0.6) is 5.75 Å². The summed E-state index contributed by atoms with van der Waals surface area (Å²) in [4.78, 5) is 54.5. The molecular formula is C39H47N3O8. The van der Waals surface area contributed by atoms with E-state index in [0.29, 0.717) is 5.75 Å². The van der Waals surface area contributed by atoms with Crippen LogP contribution in [0.4, 0.5) is 4.79 Å². The molecule has 4 unspecified atom stereocenters. The number of ether oxygens (including phenoxy) is 4. The molecule has 50 heavy (non-hydrogen) atoms. The fourth-order valence-corrected chi connectivity index (χ4v) is 5.25. The van der Waals surface area contributed by atoms with Gasteiger partial charge in [0.1, 0.15) is 35.6 Å². The lowest BCUT2D eigenvalue weighted by Crippen LogP contribution is -2.57. The lowest BCUT2D eigenvalue weighted by atomic mass is 9.94. The van der Waals surface area contributed by atoms with Crippen molar-refractivity contribution in [3.05, 3.63) is 114 Å². The molecule has 11 heteroatoms. The van der Waals surface area contributed by atoms with Crippen LogP contribution in [-0.2, 0) is 48.0 Å². The van der Waals surface area contributed by atoms with Crippen molar-refractivity contribution in [2.24, 2.45) is 0 Å². The number of carbonyl (C=O) groups excluding carboxylic acids is 4. The van der Waals surface area contributed by atoms with E-state index in [2.05, 4.69) is 22.5 Å². The minimum absolute atomic E-state index is 0.0115. The Hall–Kier alpha value is -5.16. The van der Waals surface area contributed by atoms with E-state index in [0.717, 1.165) is 16.7 Å². The third-order valence-corrected chi connectivity index (χ3v) is 7.95. The highest BCUT2D eigenvalue weighted by Crippen LogP contribution is 2.29. The summed E-state index contributed by atoms with van der Waals surface area (Å²) in [5, 5.41) is 8.31. The van der Waals surface area contributed by atoms with Gasteiger partial charge < -0.3 is 34.9 Å². The van der Waals surface area contributed by atoms with E-state index in [1.54, 1.807) is 38.3 Å². The minimum Gasteiger partial charge on any atom is -0.497 e. The molecule has 4 atom stereocenters. The number of nitrogens with one attached hydrogen (secondary N) is 3. The molecule has 11 nitrogen and oxygen atoms in total. The second-order valence-electron chi connectivity index (χ2n) is 13.5. The molecular weight excluding hydrogens is 638 g/mol. The first-order valence-corrected chi connectivity index (χ1v) is 16.5. The second-order valence-corrected chi connectivity index (χ2v) is 13.5. The maximum atomic E-state index is 14.1. The highest BCUT2D eigenvalue weighted by Gasteiger charge is 2.50. The molecule has 0 spiro atoms. The molecule has 0 radical (unpaired) electrons. The first kappa shape index (κ1) is 37.7. The normalized spacial score (nSPS) is 16.9. The van der Waals surface area contributed by atoms with Gasteiger partial charge in [-0.15, -0.1) is 0 Å². The van der Waals surface area contributed by atoms with Crippen LogP contribution in [0.2, 0.25) is 0 Å². The number of alkyl carbamates (subject to hydrolysis) is 1. The Morgan fingerprint density at radius 1 is 0.780 bits per heavy atom. The van der Waals surface area contributed by atoms with Gasteiger partial charge in [0.15, 0.2) is 5.78 Å². The minimum atomic E-state index is -1.21. The van der Waals surface area contributed by atoms with Gasteiger partial charge >= 0.3 is 6.09 Å². The number of rotatable bonds is 17. The van der Waals surface area contributed by atoms with Crippen LogP contribution in [-0.4, -0.2) is 66.7 Å². The zero-order chi connectivity index (χ0) is 36.3. The van der Waals surface area contributed by atoms with Gasteiger partial charge in [-0.1, -0.05) is 79.4 Å². The van der Waals surface area contributed by atoms with E-state index in [-0.39, 0.29) is 44.0 Å². The van der Waals surface area contributed by atoms with E-state index in [1.807, 2.05) is 81.4 Å². The average molecular weight is 686 g/mol. The van der Waals surface area contributed by atoms with Crippen molar-refractivity contribution in [3.8, 4) is 5.75 Å². The molecule has 0 saturated carbocycles. The lowest BCUT2D eigenvalue weighted by molar-refractivity contribution is -0.133. The summed E-state index contributed by atoms with van der Waals surface area (Å²) in [6, 6.07) is 22.2. The van der Waals surface area contributed by atoms with E-state index in [1.165, 1.54) is 0 Å². The Balaban J connectivity index is 1.57. The number of epoxide rings is 1. The predicted octanol–water partition coefficient (Wildman–Crippen LogP) is 4.82. The van der Waals surface area contributed by atoms with Gasteiger partial charge in [0.2, 0.25) is 11.8 Å². The van der Waals surface area contributed by atoms with Crippen LogP contribution in [0.25, 0.3) is 0 Å². The molecule has 266 valence electrons. The Morgan fingerprint density at radius 3 is 1.86 bits per heavy atom. The molecule has 4 rings (SSSR count). The van der Waals surface area contributed by atoms with E-state index in [4.69, 9.17) is 18.9 Å². The van der Waals surface area contributed by atoms with Crippen LogP contribution in [0, 0.1) is 0 Å². The summed E-state index contributed by atoms with van der Waals surface area (Å²) in [5.41, 5.74) is 0.740. The molecule has 3 amide bonds. The summed E-state index contributed by atoms with van der Waals surface area (Å²) in [7, 11) is 1.55. The van der Waals surface area contributed by atoms with E-state index in [9.17, 15) is 19.2 Å². The first-order chi connectivity index (χ1) is 23.7. The van der Waals surface area contributed by atoms with Crippen molar-refractivity contribution in [3.63, 3.8) is 0 Å². The van der Waals surface area contributed by atoms with Crippen molar-refractivity contribution in [2.45, 2.75) is 82.9 Å². The maximum absolute atomic E-state index is 14.1. The topological polar surface area (TPSA) is 145 Å². The molecule has 1 heterocycles. The largest absolute Gasteiger partial charge is 0.497 e. The Kier molecular flexibility index (Phi) is 12.8. The molecule has 1 fully saturated rings. The summed E-state index contributed by atoms with van der Waals surface area (Å²) >= 11 is 0. The Labute approximate surface area is 293 Å². The fourth-order valence-electron chi connectivity index (χ4n) is 5.25. The monoisotopic (exact) mass is 685 g/mol. The number of methoxy groups -OCH3 is 1. The third kappa shape index (κ3) is 11.8. The van der Waals surface area contributed by atoms with Crippen molar-refractivity contribution < 1.29 is 38.1 Å². The molecule has 3 aromatic carbocycles. The predicted molar refractivity (Wildman–Crippen MR) is 188 cm³/mol. The van der Waals surface area contributed by atoms with Gasteiger partial charge in [0.05, 0.1) is 25.5 Å². The van der Waals surface area contributed by atoms with Crippen LogP contribution >= 0.6 is 0 Å². The van der Waals surface area contributed by atoms with Crippen molar-refractivity contribution in [1.29, 1.82) is 0 Å².